The Bertz CT molecular complexity index is 625. The Morgan fingerprint density at radius 3 is 3.18 bits per heavy atom. The molecule has 86 valence electrons. The van der Waals surface area contributed by atoms with Crippen molar-refractivity contribution in [2.24, 2.45) is 0 Å². The standard InChI is InChI=1S/C10H11N7/c1-7-2-3-9-14-10(16-17(9)5-7)11-4-8-12-6-13-15-8/h2-3,5-6H,4H2,1H3,(H,11,16)(H,12,13,15). The summed E-state index contributed by atoms with van der Waals surface area (Å²) in [5.74, 6) is 1.33. The fourth-order valence-electron chi connectivity index (χ4n) is 1.54. The molecule has 0 radical (unpaired) electrons. The molecule has 0 aromatic carbocycles. The summed E-state index contributed by atoms with van der Waals surface area (Å²) >= 11 is 0. The molecule has 0 aliphatic heterocycles. The summed E-state index contributed by atoms with van der Waals surface area (Å²) in [5.41, 5.74) is 1.96. The molecular formula is C10H11N7. The molecule has 0 amide bonds. The predicted octanol–water partition coefficient (Wildman–Crippen LogP) is 0.768. The van der Waals surface area contributed by atoms with E-state index in [1.807, 2.05) is 25.3 Å². The van der Waals surface area contributed by atoms with Crippen LogP contribution >= 0.6 is 0 Å². The van der Waals surface area contributed by atoms with Gasteiger partial charge in [-0.3, -0.25) is 5.10 Å². The second-order valence-corrected chi connectivity index (χ2v) is 3.73. The number of rotatable bonds is 3. The van der Waals surface area contributed by atoms with E-state index in [1.54, 1.807) is 4.52 Å². The quantitative estimate of drug-likeness (QED) is 0.693. The molecule has 0 atom stereocenters. The van der Waals surface area contributed by atoms with Gasteiger partial charge in [0.1, 0.15) is 12.2 Å². The summed E-state index contributed by atoms with van der Waals surface area (Å²) in [7, 11) is 0. The van der Waals surface area contributed by atoms with Crippen LogP contribution in [0.2, 0.25) is 0 Å². The van der Waals surface area contributed by atoms with Gasteiger partial charge in [0.05, 0.1) is 6.54 Å². The maximum Gasteiger partial charge on any atom is 0.243 e. The van der Waals surface area contributed by atoms with E-state index in [-0.39, 0.29) is 0 Å². The largest absolute Gasteiger partial charge is 0.346 e. The van der Waals surface area contributed by atoms with Crippen molar-refractivity contribution < 1.29 is 0 Å². The first-order valence-corrected chi connectivity index (χ1v) is 5.22. The van der Waals surface area contributed by atoms with Gasteiger partial charge in [-0.25, -0.2) is 9.50 Å². The molecule has 3 heterocycles. The summed E-state index contributed by atoms with van der Waals surface area (Å²) in [6.07, 6.45) is 3.40. The van der Waals surface area contributed by atoms with E-state index in [0.29, 0.717) is 12.5 Å². The number of aryl methyl sites for hydroxylation is 1. The van der Waals surface area contributed by atoms with E-state index >= 15 is 0 Å². The van der Waals surface area contributed by atoms with Crippen LogP contribution < -0.4 is 5.32 Å². The highest BCUT2D eigenvalue weighted by Gasteiger charge is 2.03. The first kappa shape index (κ1) is 9.76. The van der Waals surface area contributed by atoms with Gasteiger partial charge in [0.2, 0.25) is 5.95 Å². The number of aromatic amines is 1. The van der Waals surface area contributed by atoms with Gasteiger partial charge < -0.3 is 5.32 Å². The molecule has 0 bridgehead atoms. The summed E-state index contributed by atoms with van der Waals surface area (Å²) < 4.78 is 1.75. The summed E-state index contributed by atoms with van der Waals surface area (Å²) in [5, 5.41) is 13.9. The van der Waals surface area contributed by atoms with Gasteiger partial charge in [0.15, 0.2) is 5.65 Å². The van der Waals surface area contributed by atoms with Gasteiger partial charge in [0.25, 0.3) is 0 Å². The van der Waals surface area contributed by atoms with Crippen LogP contribution in [0.3, 0.4) is 0 Å². The second kappa shape index (κ2) is 3.85. The van der Waals surface area contributed by atoms with Crippen LogP contribution in [0.25, 0.3) is 5.65 Å². The first-order valence-electron chi connectivity index (χ1n) is 5.22. The van der Waals surface area contributed by atoms with E-state index in [2.05, 4.69) is 30.6 Å². The van der Waals surface area contributed by atoms with Gasteiger partial charge in [-0.05, 0) is 18.6 Å². The molecule has 3 aromatic rings. The van der Waals surface area contributed by atoms with Crippen LogP contribution in [-0.4, -0.2) is 29.8 Å². The minimum absolute atomic E-state index is 0.524. The van der Waals surface area contributed by atoms with Crippen molar-refractivity contribution in [3.63, 3.8) is 0 Å². The number of anilines is 1. The van der Waals surface area contributed by atoms with Gasteiger partial charge in [-0.1, -0.05) is 6.07 Å². The molecule has 7 nitrogen and oxygen atoms in total. The molecule has 7 heteroatoms. The van der Waals surface area contributed by atoms with Crippen molar-refractivity contribution in [1.29, 1.82) is 0 Å². The predicted molar refractivity (Wildman–Crippen MR) is 61.4 cm³/mol. The number of nitrogens with zero attached hydrogens (tertiary/aromatic N) is 5. The van der Waals surface area contributed by atoms with Crippen molar-refractivity contribution in [2.75, 3.05) is 5.32 Å². The smallest absolute Gasteiger partial charge is 0.243 e. The molecule has 0 aliphatic carbocycles. The van der Waals surface area contributed by atoms with Gasteiger partial charge in [-0.2, -0.15) is 10.1 Å². The average Bonchev–Trinajstić information content (AvgIpc) is 2.94. The topological polar surface area (TPSA) is 83.8 Å². The lowest BCUT2D eigenvalue weighted by Crippen LogP contribution is -2.02. The normalized spacial score (nSPS) is 10.9. The molecule has 3 rings (SSSR count). The number of fused-ring (bicyclic) bond motifs is 1. The van der Waals surface area contributed by atoms with E-state index in [9.17, 15) is 0 Å². The zero-order valence-corrected chi connectivity index (χ0v) is 9.25. The molecule has 2 N–H and O–H groups in total. The third-order valence-corrected chi connectivity index (χ3v) is 2.36. The summed E-state index contributed by atoms with van der Waals surface area (Å²) in [6.45, 7) is 2.54. The highest BCUT2D eigenvalue weighted by atomic mass is 15.3. The summed E-state index contributed by atoms with van der Waals surface area (Å²) in [4.78, 5) is 8.34. The minimum Gasteiger partial charge on any atom is -0.346 e. The lowest BCUT2D eigenvalue weighted by atomic mass is 10.3. The number of hydrogen-bond acceptors (Lipinski definition) is 5. The van der Waals surface area contributed by atoms with Crippen LogP contribution in [0.5, 0.6) is 0 Å². The first-order chi connectivity index (χ1) is 8.31. The molecule has 0 saturated heterocycles. The molecule has 17 heavy (non-hydrogen) atoms. The van der Waals surface area contributed by atoms with Crippen LogP contribution in [0.15, 0.2) is 24.7 Å². The Labute approximate surface area is 96.9 Å². The van der Waals surface area contributed by atoms with Crippen LogP contribution in [0.4, 0.5) is 5.95 Å². The van der Waals surface area contributed by atoms with Crippen molar-refractivity contribution in [2.45, 2.75) is 13.5 Å². The molecule has 0 unspecified atom stereocenters. The molecule has 3 aromatic heterocycles. The Morgan fingerprint density at radius 2 is 2.35 bits per heavy atom. The molecule has 0 spiro atoms. The zero-order chi connectivity index (χ0) is 11.7. The molecule has 0 fully saturated rings. The highest BCUT2D eigenvalue weighted by Crippen LogP contribution is 2.07. The third kappa shape index (κ3) is 1.94. The monoisotopic (exact) mass is 229 g/mol. The van der Waals surface area contributed by atoms with Crippen molar-refractivity contribution in [3.8, 4) is 0 Å². The van der Waals surface area contributed by atoms with Crippen LogP contribution in [0, 0.1) is 6.92 Å². The fourth-order valence-corrected chi connectivity index (χ4v) is 1.54. The average molecular weight is 229 g/mol. The maximum atomic E-state index is 4.33. The lowest BCUT2D eigenvalue weighted by Gasteiger charge is -1.95. The van der Waals surface area contributed by atoms with E-state index < -0.39 is 0 Å². The molecule has 0 saturated carbocycles. The van der Waals surface area contributed by atoms with E-state index in [4.69, 9.17) is 0 Å². The Balaban J connectivity index is 1.81. The van der Waals surface area contributed by atoms with E-state index in [1.165, 1.54) is 6.33 Å². The number of H-pyrrole nitrogens is 1. The Kier molecular flexibility index (Phi) is 2.21. The SMILES string of the molecule is Cc1ccc2nc(NCc3ncn[nH]3)nn2c1. The second-order valence-electron chi connectivity index (χ2n) is 3.73. The van der Waals surface area contributed by atoms with Gasteiger partial charge in [0, 0.05) is 6.20 Å². The third-order valence-electron chi connectivity index (χ3n) is 2.36. The van der Waals surface area contributed by atoms with Crippen molar-refractivity contribution in [1.82, 2.24) is 29.8 Å². The van der Waals surface area contributed by atoms with Crippen molar-refractivity contribution >= 4 is 11.6 Å². The van der Waals surface area contributed by atoms with Crippen LogP contribution in [-0.2, 0) is 6.54 Å². The number of hydrogen-bond donors (Lipinski definition) is 2. The van der Waals surface area contributed by atoms with Crippen molar-refractivity contribution in [3.05, 3.63) is 36.0 Å². The highest BCUT2D eigenvalue weighted by molar-refractivity contribution is 5.44. The number of aromatic nitrogens is 6. The minimum atomic E-state index is 0.524. The summed E-state index contributed by atoms with van der Waals surface area (Å²) in [6, 6.07) is 3.94. The van der Waals surface area contributed by atoms with E-state index in [0.717, 1.165) is 17.0 Å². The lowest BCUT2D eigenvalue weighted by molar-refractivity contribution is 0.913. The number of nitrogens with one attached hydrogen (secondary N) is 2. The fraction of sp³-hybridized carbons (Fsp3) is 0.200. The Morgan fingerprint density at radius 1 is 1.41 bits per heavy atom. The number of pyridine rings is 1. The molecule has 0 aliphatic rings. The zero-order valence-electron chi connectivity index (χ0n) is 9.25. The van der Waals surface area contributed by atoms with Crippen LogP contribution in [0.1, 0.15) is 11.4 Å². The molecular weight excluding hydrogens is 218 g/mol. The maximum absolute atomic E-state index is 4.33. The van der Waals surface area contributed by atoms with Gasteiger partial charge >= 0.3 is 0 Å². The van der Waals surface area contributed by atoms with Gasteiger partial charge in [-0.15, -0.1) is 5.10 Å². The Hall–Kier alpha value is -2.44.